The van der Waals surface area contributed by atoms with Gasteiger partial charge in [-0.15, -0.1) is 0 Å². The van der Waals surface area contributed by atoms with Crippen LogP contribution in [0, 0.1) is 0 Å². The normalized spacial score (nSPS) is 12.3. The van der Waals surface area contributed by atoms with Gasteiger partial charge in [0.2, 0.25) is 0 Å². The lowest BCUT2D eigenvalue weighted by Gasteiger charge is -2.18. The number of nitrogens with two attached hydrogens (primary N) is 1. The first-order valence-electron chi connectivity index (χ1n) is 8.45. The topological polar surface area (TPSA) is 113 Å². The second-order valence-electron chi connectivity index (χ2n) is 6.65. The molecule has 0 aliphatic carbocycles. The van der Waals surface area contributed by atoms with Gasteiger partial charge in [0, 0.05) is 45.3 Å². The SMILES string of the molecule is CN(C)c1ccc(N)c(C(=O)O)c1.CN(C)c1ccc2c(c1)C(=O)OC(=O)C2. The molecular formula is C20H23N3O5. The summed E-state index contributed by atoms with van der Waals surface area (Å²) in [7, 11) is 7.47. The summed E-state index contributed by atoms with van der Waals surface area (Å²) in [6.07, 6.45) is 0.175. The summed E-state index contributed by atoms with van der Waals surface area (Å²) in [5.74, 6) is -2.03. The van der Waals surface area contributed by atoms with Gasteiger partial charge in [-0.05, 0) is 35.9 Å². The standard InChI is InChI=1S/C11H11NO3.C9H12N2O2/c1-12(2)8-4-3-7-5-10(13)15-11(14)9(7)6-8;1-11(2)6-3-4-8(10)7(5-6)9(12)13/h3-4,6H,5H2,1-2H3;3-5H,10H2,1-2H3,(H,12,13). The number of carboxylic acids is 1. The highest BCUT2D eigenvalue weighted by Gasteiger charge is 2.24. The number of esters is 2. The summed E-state index contributed by atoms with van der Waals surface area (Å²) in [6, 6.07) is 10.3. The van der Waals surface area contributed by atoms with E-state index in [0.29, 0.717) is 5.56 Å². The number of carbonyl (C=O) groups excluding carboxylic acids is 2. The molecule has 28 heavy (non-hydrogen) atoms. The zero-order chi connectivity index (χ0) is 21.0. The number of carbonyl (C=O) groups is 3. The van der Waals surface area contributed by atoms with Crippen LogP contribution in [0.25, 0.3) is 0 Å². The Balaban J connectivity index is 0.000000203. The highest BCUT2D eigenvalue weighted by atomic mass is 16.6. The van der Waals surface area contributed by atoms with Crippen molar-refractivity contribution in [2.24, 2.45) is 0 Å². The van der Waals surface area contributed by atoms with Crippen LogP contribution in [0.4, 0.5) is 17.1 Å². The van der Waals surface area contributed by atoms with Gasteiger partial charge in [-0.2, -0.15) is 0 Å². The van der Waals surface area contributed by atoms with E-state index in [1.165, 1.54) is 0 Å². The predicted molar refractivity (Wildman–Crippen MR) is 107 cm³/mol. The number of ether oxygens (including phenoxy) is 1. The van der Waals surface area contributed by atoms with Crippen molar-refractivity contribution in [3.8, 4) is 0 Å². The Kier molecular flexibility index (Phi) is 6.25. The van der Waals surface area contributed by atoms with Crippen molar-refractivity contribution in [2.75, 3.05) is 43.7 Å². The largest absolute Gasteiger partial charge is 0.478 e. The summed E-state index contributed by atoms with van der Waals surface area (Å²) < 4.78 is 4.55. The molecular weight excluding hydrogens is 362 g/mol. The average molecular weight is 385 g/mol. The minimum absolute atomic E-state index is 0.145. The Labute approximate surface area is 163 Å². The molecule has 148 valence electrons. The number of rotatable bonds is 3. The molecule has 8 heteroatoms. The maximum atomic E-state index is 11.4. The second-order valence-corrected chi connectivity index (χ2v) is 6.65. The molecule has 0 fully saturated rings. The fraction of sp³-hybridized carbons (Fsp3) is 0.250. The number of nitrogen functional groups attached to an aromatic ring is 1. The van der Waals surface area contributed by atoms with Gasteiger partial charge in [-0.1, -0.05) is 6.07 Å². The Bertz CT molecular complexity index is 922. The molecule has 3 N–H and O–H groups in total. The van der Waals surface area contributed by atoms with Gasteiger partial charge < -0.3 is 25.4 Å². The molecule has 0 bridgehead atoms. The Morgan fingerprint density at radius 2 is 1.57 bits per heavy atom. The average Bonchev–Trinajstić information content (AvgIpc) is 2.61. The van der Waals surface area contributed by atoms with E-state index in [1.54, 1.807) is 30.3 Å². The van der Waals surface area contributed by atoms with E-state index in [-0.39, 0.29) is 17.7 Å². The summed E-state index contributed by atoms with van der Waals surface area (Å²) in [5.41, 5.74) is 8.89. The molecule has 0 radical (unpaired) electrons. The van der Waals surface area contributed by atoms with Crippen LogP contribution < -0.4 is 15.5 Å². The number of fused-ring (bicyclic) bond motifs is 1. The first-order chi connectivity index (χ1) is 13.1. The highest BCUT2D eigenvalue weighted by molar-refractivity contribution is 6.03. The molecule has 0 unspecified atom stereocenters. The van der Waals surface area contributed by atoms with Crippen LogP contribution in [0.5, 0.6) is 0 Å². The summed E-state index contributed by atoms with van der Waals surface area (Å²) in [4.78, 5) is 36.8. The predicted octanol–water partition coefficient (Wildman–Crippen LogP) is 2.03. The van der Waals surface area contributed by atoms with E-state index in [0.717, 1.165) is 16.9 Å². The van der Waals surface area contributed by atoms with Crippen molar-refractivity contribution in [3.63, 3.8) is 0 Å². The first kappa shape index (κ1) is 20.8. The lowest BCUT2D eigenvalue weighted by atomic mass is 10.0. The number of anilines is 3. The molecule has 1 heterocycles. The summed E-state index contributed by atoms with van der Waals surface area (Å²) in [5, 5.41) is 8.77. The van der Waals surface area contributed by atoms with E-state index in [2.05, 4.69) is 4.74 Å². The molecule has 1 aliphatic rings. The van der Waals surface area contributed by atoms with Crippen molar-refractivity contribution >= 4 is 35.0 Å². The maximum absolute atomic E-state index is 11.4. The Hall–Kier alpha value is -3.55. The van der Waals surface area contributed by atoms with Crippen LogP contribution in [0.15, 0.2) is 36.4 Å². The lowest BCUT2D eigenvalue weighted by molar-refractivity contribution is -0.137. The smallest absolute Gasteiger partial charge is 0.346 e. The summed E-state index contributed by atoms with van der Waals surface area (Å²) in [6.45, 7) is 0. The molecule has 0 spiro atoms. The number of aromatic carboxylic acids is 1. The zero-order valence-electron chi connectivity index (χ0n) is 16.2. The third-order valence-electron chi connectivity index (χ3n) is 4.15. The minimum Gasteiger partial charge on any atom is -0.478 e. The van der Waals surface area contributed by atoms with Gasteiger partial charge in [0.1, 0.15) is 0 Å². The Morgan fingerprint density at radius 3 is 2.14 bits per heavy atom. The van der Waals surface area contributed by atoms with Crippen LogP contribution in [-0.2, 0) is 16.0 Å². The second kappa shape index (κ2) is 8.43. The van der Waals surface area contributed by atoms with E-state index in [4.69, 9.17) is 10.8 Å². The zero-order valence-corrected chi connectivity index (χ0v) is 16.2. The number of hydrogen-bond acceptors (Lipinski definition) is 7. The Morgan fingerprint density at radius 1 is 1.00 bits per heavy atom. The van der Waals surface area contributed by atoms with Crippen molar-refractivity contribution in [1.82, 2.24) is 0 Å². The van der Waals surface area contributed by atoms with Crippen LogP contribution in [-0.4, -0.2) is 51.2 Å². The number of cyclic esters (lactones) is 2. The van der Waals surface area contributed by atoms with E-state index < -0.39 is 17.9 Å². The molecule has 0 amide bonds. The van der Waals surface area contributed by atoms with Gasteiger partial charge in [0.15, 0.2) is 0 Å². The quantitative estimate of drug-likeness (QED) is 0.469. The van der Waals surface area contributed by atoms with E-state index in [9.17, 15) is 14.4 Å². The van der Waals surface area contributed by atoms with Crippen molar-refractivity contribution in [3.05, 3.63) is 53.1 Å². The minimum atomic E-state index is -0.999. The first-order valence-corrected chi connectivity index (χ1v) is 8.45. The van der Waals surface area contributed by atoms with Crippen molar-refractivity contribution < 1.29 is 24.2 Å². The van der Waals surface area contributed by atoms with Crippen molar-refractivity contribution in [2.45, 2.75) is 6.42 Å². The molecule has 0 aromatic heterocycles. The fourth-order valence-electron chi connectivity index (χ4n) is 2.54. The van der Waals surface area contributed by atoms with Gasteiger partial charge >= 0.3 is 17.9 Å². The molecule has 3 rings (SSSR count). The van der Waals surface area contributed by atoms with Crippen LogP contribution in [0.1, 0.15) is 26.3 Å². The summed E-state index contributed by atoms with van der Waals surface area (Å²) >= 11 is 0. The molecule has 2 aromatic rings. The highest BCUT2D eigenvalue weighted by Crippen LogP contribution is 2.23. The van der Waals surface area contributed by atoms with Gasteiger partial charge in [0.05, 0.1) is 17.5 Å². The molecule has 0 atom stereocenters. The maximum Gasteiger partial charge on any atom is 0.346 e. The molecule has 0 saturated heterocycles. The molecule has 1 aliphatic heterocycles. The van der Waals surface area contributed by atoms with Crippen LogP contribution in [0.2, 0.25) is 0 Å². The van der Waals surface area contributed by atoms with Gasteiger partial charge in [-0.25, -0.2) is 9.59 Å². The van der Waals surface area contributed by atoms with Gasteiger partial charge in [0.25, 0.3) is 0 Å². The lowest BCUT2D eigenvalue weighted by Crippen LogP contribution is -2.23. The van der Waals surface area contributed by atoms with E-state index >= 15 is 0 Å². The number of carboxylic acid groups (broad SMARTS) is 1. The molecule has 2 aromatic carbocycles. The third kappa shape index (κ3) is 4.79. The van der Waals surface area contributed by atoms with Gasteiger partial charge in [-0.3, -0.25) is 4.79 Å². The number of benzene rings is 2. The fourth-order valence-corrected chi connectivity index (χ4v) is 2.54. The monoisotopic (exact) mass is 385 g/mol. The van der Waals surface area contributed by atoms with Crippen molar-refractivity contribution in [1.29, 1.82) is 0 Å². The molecule has 0 saturated carbocycles. The van der Waals surface area contributed by atoms with Crippen LogP contribution in [0.3, 0.4) is 0 Å². The molecule has 8 nitrogen and oxygen atoms in total. The third-order valence-corrected chi connectivity index (χ3v) is 4.15. The number of hydrogen-bond donors (Lipinski definition) is 2. The number of nitrogens with zero attached hydrogens (tertiary/aromatic N) is 2. The van der Waals surface area contributed by atoms with E-state index in [1.807, 2.05) is 44.1 Å². The van der Waals surface area contributed by atoms with Crippen LogP contribution >= 0.6 is 0 Å².